The molecule has 2 aromatic rings. The van der Waals surface area contributed by atoms with Gasteiger partial charge in [0.1, 0.15) is 5.01 Å². The number of nitrogens with one attached hydrogen (secondary N) is 1. The number of likely N-dealkylation sites (N-methyl/N-ethyl adjacent to an activating group) is 2. The molecule has 1 aromatic heterocycles. The summed E-state index contributed by atoms with van der Waals surface area (Å²) in [5, 5.41) is 12.0. The van der Waals surface area contributed by atoms with E-state index in [-0.39, 0.29) is 24.3 Å². The molecular formula is C22H24N8O4S. The second-order valence-electron chi connectivity index (χ2n) is 8.77. The van der Waals surface area contributed by atoms with Crippen molar-refractivity contribution < 1.29 is 19.2 Å². The molecule has 0 radical (unpaired) electrons. The number of hydrogen-bond acceptors (Lipinski definition) is 9. The number of benzene rings is 1. The molecule has 1 aromatic carbocycles. The molecule has 5 amide bonds. The zero-order chi connectivity index (χ0) is 24.9. The van der Waals surface area contributed by atoms with E-state index in [1.54, 1.807) is 11.9 Å². The SMILES string of the molecule is Cc1ccccc1N1CC(c2nnc(NC(=O)CN3C=NC4C3C(=O)N(C)C(=O)N4C)s2)CC1=O. The van der Waals surface area contributed by atoms with Gasteiger partial charge in [-0.2, -0.15) is 0 Å². The molecule has 12 nitrogen and oxygen atoms in total. The Balaban J connectivity index is 1.21. The fraction of sp³-hybridized carbons (Fsp3) is 0.409. The van der Waals surface area contributed by atoms with Crippen molar-refractivity contribution in [3.8, 4) is 0 Å². The van der Waals surface area contributed by atoms with Crippen LogP contribution >= 0.6 is 11.3 Å². The summed E-state index contributed by atoms with van der Waals surface area (Å²) in [4.78, 5) is 60.0. The van der Waals surface area contributed by atoms with Crippen LogP contribution in [-0.2, 0) is 14.4 Å². The number of hydrogen-bond donors (Lipinski definition) is 1. The monoisotopic (exact) mass is 496 g/mol. The summed E-state index contributed by atoms with van der Waals surface area (Å²) in [6.45, 7) is 2.34. The molecule has 182 valence electrons. The van der Waals surface area contributed by atoms with E-state index in [2.05, 4.69) is 20.5 Å². The average molecular weight is 497 g/mol. The first-order valence-electron chi connectivity index (χ1n) is 11.1. The lowest BCUT2D eigenvalue weighted by molar-refractivity contribution is -0.136. The molecule has 0 spiro atoms. The minimum absolute atomic E-state index is 0.0264. The maximum Gasteiger partial charge on any atom is 0.328 e. The molecule has 3 atom stereocenters. The number of nitrogens with zero attached hydrogens (tertiary/aromatic N) is 7. The topological polar surface area (TPSA) is 131 Å². The molecule has 1 N–H and O–H groups in total. The summed E-state index contributed by atoms with van der Waals surface area (Å²) in [5.74, 6) is -0.886. The number of aryl methyl sites for hydroxylation is 1. The summed E-state index contributed by atoms with van der Waals surface area (Å²) in [6.07, 6.45) is 1.08. The molecule has 3 unspecified atom stereocenters. The van der Waals surface area contributed by atoms with E-state index in [1.165, 1.54) is 34.5 Å². The third-order valence-electron chi connectivity index (χ3n) is 6.47. The van der Waals surface area contributed by atoms with Crippen molar-refractivity contribution in [2.45, 2.75) is 31.5 Å². The van der Waals surface area contributed by atoms with E-state index in [9.17, 15) is 19.2 Å². The van der Waals surface area contributed by atoms with E-state index < -0.39 is 24.1 Å². The highest BCUT2D eigenvalue weighted by Crippen LogP contribution is 2.35. The summed E-state index contributed by atoms with van der Waals surface area (Å²) >= 11 is 1.23. The van der Waals surface area contributed by atoms with E-state index >= 15 is 0 Å². The van der Waals surface area contributed by atoms with Crippen LogP contribution in [-0.4, -0.2) is 94.4 Å². The van der Waals surface area contributed by atoms with Crippen LogP contribution in [0.4, 0.5) is 15.6 Å². The van der Waals surface area contributed by atoms with Gasteiger partial charge in [0.2, 0.25) is 16.9 Å². The Morgan fingerprint density at radius 3 is 2.71 bits per heavy atom. The second-order valence-corrected chi connectivity index (χ2v) is 9.78. The maximum atomic E-state index is 12.7. The van der Waals surface area contributed by atoms with Crippen LogP contribution in [0.2, 0.25) is 0 Å². The predicted molar refractivity (Wildman–Crippen MR) is 128 cm³/mol. The Kier molecular flexibility index (Phi) is 5.71. The van der Waals surface area contributed by atoms with E-state index in [4.69, 9.17) is 0 Å². The lowest BCUT2D eigenvalue weighted by Gasteiger charge is -2.39. The van der Waals surface area contributed by atoms with Gasteiger partial charge in [0.15, 0.2) is 12.2 Å². The van der Waals surface area contributed by atoms with Gasteiger partial charge in [-0.3, -0.25) is 24.6 Å². The fourth-order valence-electron chi connectivity index (χ4n) is 4.59. The van der Waals surface area contributed by atoms with Crippen LogP contribution in [0.25, 0.3) is 0 Å². The van der Waals surface area contributed by atoms with Crippen LogP contribution in [0.15, 0.2) is 29.3 Å². The largest absolute Gasteiger partial charge is 0.338 e. The first-order valence-corrected chi connectivity index (χ1v) is 11.9. The van der Waals surface area contributed by atoms with Gasteiger partial charge in [0, 0.05) is 38.7 Å². The number of carbonyl (C=O) groups is 4. The molecule has 35 heavy (non-hydrogen) atoms. The highest BCUT2D eigenvalue weighted by Gasteiger charge is 2.48. The van der Waals surface area contributed by atoms with Gasteiger partial charge >= 0.3 is 6.03 Å². The van der Waals surface area contributed by atoms with Crippen LogP contribution in [0.3, 0.4) is 0 Å². The second kappa shape index (κ2) is 8.73. The first kappa shape index (κ1) is 22.9. The van der Waals surface area contributed by atoms with Crippen molar-refractivity contribution >= 4 is 52.2 Å². The van der Waals surface area contributed by atoms with E-state index in [0.717, 1.165) is 16.2 Å². The smallest absolute Gasteiger partial charge is 0.328 e. The molecule has 0 bridgehead atoms. The lowest BCUT2D eigenvalue weighted by atomic mass is 10.1. The third-order valence-corrected chi connectivity index (χ3v) is 7.47. The van der Waals surface area contributed by atoms with Gasteiger partial charge in [-0.25, -0.2) is 9.79 Å². The van der Waals surface area contributed by atoms with E-state index in [1.807, 2.05) is 31.2 Å². The first-order chi connectivity index (χ1) is 16.7. The van der Waals surface area contributed by atoms with Gasteiger partial charge in [0.05, 0.1) is 12.9 Å². The molecule has 13 heteroatoms. The molecule has 4 heterocycles. The van der Waals surface area contributed by atoms with Crippen LogP contribution in [0, 0.1) is 6.92 Å². The Morgan fingerprint density at radius 1 is 1.17 bits per heavy atom. The molecule has 0 saturated carbocycles. The normalized spacial score (nSPS) is 24.0. The highest BCUT2D eigenvalue weighted by molar-refractivity contribution is 7.15. The molecule has 3 aliphatic heterocycles. The number of urea groups is 1. The van der Waals surface area contributed by atoms with Gasteiger partial charge < -0.3 is 14.7 Å². The Labute approximate surface area is 205 Å². The zero-order valence-corrected chi connectivity index (χ0v) is 20.2. The van der Waals surface area contributed by atoms with Crippen molar-refractivity contribution in [1.82, 2.24) is 24.9 Å². The van der Waals surface area contributed by atoms with Crippen molar-refractivity contribution in [2.24, 2.45) is 4.99 Å². The lowest BCUT2D eigenvalue weighted by Crippen LogP contribution is -2.64. The van der Waals surface area contributed by atoms with Gasteiger partial charge in [0.25, 0.3) is 5.91 Å². The number of aliphatic imine (C=N–C) groups is 1. The highest BCUT2D eigenvalue weighted by atomic mass is 32.1. The number of amides is 5. The number of aromatic nitrogens is 2. The van der Waals surface area contributed by atoms with Gasteiger partial charge in [-0.05, 0) is 18.6 Å². The van der Waals surface area contributed by atoms with Crippen molar-refractivity contribution in [1.29, 1.82) is 0 Å². The Hall–Kier alpha value is -3.87. The number of imide groups is 1. The maximum absolute atomic E-state index is 12.7. The molecule has 2 fully saturated rings. The molecule has 0 aliphatic carbocycles. The van der Waals surface area contributed by atoms with Crippen molar-refractivity contribution in [3.05, 3.63) is 34.8 Å². The van der Waals surface area contributed by atoms with Crippen molar-refractivity contribution in [2.75, 3.05) is 37.4 Å². The molecular weight excluding hydrogens is 472 g/mol. The minimum Gasteiger partial charge on any atom is -0.338 e. The van der Waals surface area contributed by atoms with Gasteiger partial charge in [-0.15, -0.1) is 10.2 Å². The number of anilines is 2. The van der Waals surface area contributed by atoms with Crippen molar-refractivity contribution in [3.63, 3.8) is 0 Å². The quantitative estimate of drug-likeness (QED) is 0.650. The summed E-state index contributed by atoms with van der Waals surface area (Å²) in [6, 6.07) is 6.55. The molecule has 5 rings (SSSR count). The van der Waals surface area contributed by atoms with Gasteiger partial charge in [-0.1, -0.05) is 29.5 Å². The summed E-state index contributed by atoms with van der Waals surface area (Å²) < 4.78 is 0. The number of carbonyl (C=O) groups excluding carboxylic acids is 4. The summed E-state index contributed by atoms with van der Waals surface area (Å²) in [5.41, 5.74) is 1.91. The number of fused-ring (bicyclic) bond motifs is 1. The Bertz CT molecular complexity index is 1250. The standard InChI is InChI=1S/C22H24N8O4S/c1-12-6-4-5-7-14(12)30-9-13(8-16(30)32)19-25-26-21(35-19)24-15(31)10-29-11-23-18-17(29)20(33)28(3)22(34)27(18)2/h4-7,11,13,17-18H,8-10H2,1-3H3,(H,24,26,31). The van der Waals surface area contributed by atoms with Crippen LogP contribution in [0.1, 0.15) is 22.9 Å². The summed E-state index contributed by atoms with van der Waals surface area (Å²) in [7, 11) is 2.98. The predicted octanol–water partition coefficient (Wildman–Crippen LogP) is 0.868. The van der Waals surface area contributed by atoms with Crippen LogP contribution in [0.5, 0.6) is 0 Å². The average Bonchev–Trinajstić information content (AvgIpc) is 3.55. The fourth-order valence-corrected chi connectivity index (χ4v) is 5.44. The zero-order valence-electron chi connectivity index (χ0n) is 19.4. The van der Waals surface area contributed by atoms with E-state index in [0.29, 0.717) is 23.1 Å². The number of rotatable bonds is 5. The third kappa shape index (κ3) is 4.01. The molecule has 3 aliphatic rings. The Morgan fingerprint density at radius 2 is 1.94 bits per heavy atom. The molecule has 2 saturated heterocycles. The minimum atomic E-state index is -0.754. The van der Waals surface area contributed by atoms with Crippen LogP contribution < -0.4 is 10.2 Å². The number of para-hydroxylation sites is 1.